The molecule has 2 aromatic carbocycles. The number of benzene rings is 2. The number of hydrogen-bond donors (Lipinski definition) is 1. The zero-order valence-electron chi connectivity index (χ0n) is 11.5. The van der Waals surface area contributed by atoms with Gasteiger partial charge in [0.05, 0.1) is 0 Å². The summed E-state index contributed by atoms with van der Waals surface area (Å²) in [5.41, 5.74) is 0.523. The van der Waals surface area contributed by atoms with Crippen molar-refractivity contribution >= 4 is 23.2 Å². The molecule has 0 aliphatic heterocycles. The maximum Gasteiger partial charge on any atom is 0.265 e. The second-order valence-corrected chi connectivity index (χ2v) is 4.90. The first-order valence-corrected chi connectivity index (χ1v) is 6.95. The largest absolute Gasteiger partial charge is 0.481 e. The van der Waals surface area contributed by atoms with E-state index in [9.17, 15) is 9.18 Å². The Kier molecular flexibility index (Phi) is 5.17. The Hall–Kier alpha value is -2.07. The minimum Gasteiger partial charge on any atom is -0.481 e. The van der Waals surface area contributed by atoms with Crippen LogP contribution in [0.1, 0.15) is 13.3 Å². The summed E-state index contributed by atoms with van der Waals surface area (Å²) in [5.74, 6) is -0.108. The molecule has 0 aliphatic carbocycles. The molecule has 5 heteroatoms. The predicted octanol–water partition coefficient (Wildman–Crippen LogP) is 4.28. The third kappa shape index (κ3) is 4.46. The second-order valence-electron chi connectivity index (χ2n) is 4.47. The van der Waals surface area contributed by atoms with Gasteiger partial charge in [-0.2, -0.15) is 0 Å². The number of ether oxygens (including phenoxy) is 1. The van der Waals surface area contributed by atoms with E-state index in [0.29, 0.717) is 22.9 Å². The first kappa shape index (κ1) is 15.3. The molecule has 0 bridgehead atoms. The van der Waals surface area contributed by atoms with Crippen molar-refractivity contribution in [3.63, 3.8) is 0 Å². The molecular formula is C16H15ClFNO2. The van der Waals surface area contributed by atoms with Gasteiger partial charge in [-0.1, -0.05) is 24.6 Å². The number of anilines is 1. The number of rotatable bonds is 5. The molecule has 110 valence electrons. The van der Waals surface area contributed by atoms with Crippen LogP contribution in [-0.4, -0.2) is 12.0 Å². The molecule has 0 spiro atoms. The summed E-state index contributed by atoms with van der Waals surface area (Å²) in [5, 5.41) is 3.23. The van der Waals surface area contributed by atoms with E-state index in [2.05, 4.69) is 5.32 Å². The Bertz CT molecular complexity index is 616. The van der Waals surface area contributed by atoms with Crippen LogP contribution in [0, 0.1) is 5.82 Å². The van der Waals surface area contributed by atoms with Gasteiger partial charge in [0.2, 0.25) is 0 Å². The highest BCUT2D eigenvalue weighted by atomic mass is 35.5. The molecule has 1 atom stereocenters. The Balaban J connectivity index is 2.03. The third-order valence-electron chi connectivity index (χ3n) is 2.85. The summed E-state index contributed by atoms with van der Waals surface area (Å²) in [6.07, 6.45) is -0.145. The average molecular weight is 308 g/mol. The van der Waals surface area contributed by atoms with E-state index in [4.69, 9.17) is 16.3 Å². The fourth-order valence-corrected chi connectivity index (χ4v) is 1.96. The fraction of sp³-hybridized carbons (Fsp3) is 0.188. The number of hydrogen-bond acceptors (Lipinski definition) is 2. The standard InChI is InChI=1S/C16H15ClFNO2/c1-2-15(21-14-5-3-4-11(17)10-14)16(20)19-13-8-6-12(18)7-9-13/h3-10,15H,2H2,1H3,(H,19,20). The van der Waals surface area contributed by atoms with Crippen molar-refractivity contribution < 1.29 is 13.9 Å². The van der Waals surface area contributed by atoms with Gasteiger partial charge in [-0.3, -0.25) is 4.79 Å². The molecule has 1 N–H and O–H groups in total. The Labute approximate surface area is 127 Å². The summed E-state index contributed by atoms with van der Waals surface area (Å²) >= 11 is 5.88. The predicted molar refractivity (Wildman–Crippen MR) is 81.2 cm³/mol. The fourth-order valence-electron chi connectivity index (χ4n) is 1.78. The normalized spacial score (nSPS) is 11.8. The van der Waals surface area contributed by atoms with Crippen LogP contribution < -0.4 is 10.1 Å². The topological polar surface area (TPSA) is 38.3 Å². The summed E-state index contributed by atoms with van der Waals surface area (Å²) < 4.78 is 18.5. The number of nitrogens with one attached hydrogen (secondary N) is 1. The van der Waals surface area contributed by atoms with Crippen LogP contribution in [0.2, 0.25) is 5.02 Å². The number of carbonyl (C=O) groups is 1. The van der Waals surface area contributed by atoms with Crippen molar-refractivity contribution in [2.75, 3.05) is 5.32 Å². The van der Waals surface area contributed by atoms with Crippen molar-refractivity contribution in [3.05, 3.63) is 59.4 Å². The van der Waals surface area contributed by atoms with Gasteiger partial charge in [-0.25, -0.2) is 4.39 Å². The van der Waals surface area contributed by atoms with Crippen LogP contribution in [0.15, 0.2) is 48.5 Å². The van der Waals surface area contributed by atoms with Crippen LogP contribution in [0.4, 0.5) is 10.1 Å². The van der Waals surface area contributed by atoms with E-state index < -0.39 is 6.10 Å². The van der Waals surface area contributed by atoms with E-state index >= 15 is 0 Å². The molecule has 0 fully saturated rings. The number of halogens is 2. The summed E-state index contributed by atoms with van der Waals surface area (Å²) in [6.45, 7) is 1.85. The molecule has 21 heavy (non-hydrogen) atoms. The minimum atomic E-state index is -0.645. The van der Waals surface area contributed by atoms with Crippen molar-refractivity contribution in [1.82, 2.24) is 0 Å². The van der Waals surface area contributed by atoms with Gasteiger partial charge in [-0.15, -0.1) is 0 Å². The number of carbonyl (C=O) groups excluding carboxylic acids is 1. The number of amides is 1. The van der Waals surface area contributed by atoms with Gasteiger partial charge in [0.25, 0.3) is 5.91 Å². The lowest BCUT2D eigenvalue weighted by Crippen LogP contribution is -2.32. The molecule has 2 aromatic rings. The molecule has 1 amide bonds. The highest BCUT2D eigenvalue weighted by Gasteiger charge is 2.18. The smallest absolute Gasteiger partial charge is 0.265 e. The van der Waals surface area contributed by atoms with E-state index in [-0.39, 0.29) is 11.7 Å². The summed E-state index contributed by atoms with van der Waals surface area (Å²) in [6, 6.07) is 12.4. The van der Waals surface area contributed by atoms with Gasteiger partial charge < -0.3 is 10.1 Å². The zero-order valence-corrected chi connectivity index (χ0v) is 12.2. The Morgan fingerprint density at radius 3 is 2.62 bits per heavy atom. The second kappa shape index (κ2) is 7.09. The van der Waals surface area contributed by atoms with Crippen LogP contribution in [0.3, 0.4) is 0 Å². The molecular weight excluding hydrogens is 293 g/mol. The molecule has 0 saturated heterocycles. The van der Waals surface area contributed by atoms with E-state index in [1.165, 1.54) is 24.3 Å². The Morgan fingerprint density at radius 1 is 1.29 bits per heavy atom. The monoisotopic (exact) mass is 307 g/mol. The van der Waals surface area contributed by atoms with Crippen LogP contribution in [-0.2, 0) is 4.79 Å². The Morgan fingerprint density at radius 2 is 2.00 bits per heavy atom. The van der Waals surface area contributed by atoms with E-state index in [1.807, 2.05) is 6.92 Å². The van der Waals surface area contributed by atoms with Gasteiger partial charge in [0.15, 0.2) is 6.10 Å². The highest BCUT2D eigenvalue weighted by molar-refractivity contribution is 6.30. The van der Waals surface area contributed by atoms with Crippen molar-refractivity contribution in [2.24, 2.45) is 0 Å². The van der Waals surface area contributed by atoms with E-state index in [1.54, 1.807) is 24.3 Å². The molecule has 1 unspecified atom stereocenters. The van der Waals surface area contributed by atoms with Crippen molar-refractivity contribution in [3.8, 4) is 5.75 Å². The zero-order chi connectivity index (χ0) is 15.2. The van der Waals surface area contributed by atoms with Crippen LogP contribution in [0.5, 0.6) is 5.75 Å². The van der Waals surface area contributed by atoms with Crippen LogP contribution in [0.25, 0.3) is 0 Å². The maximum absolute atomic E-state index is 12.8. The minimum absolute atomic E-state index is 0.288. The highest BCUT2D eigenvalue weighted by Crippen LogP contribution is 2.20. The van der Waals surface area contributed by atoms with Crippen molar-refractivity contribution in [2.45, 2.75) is 19.4 Å². The maximum atomic E-state index is 12.8. The van der Waals surface area contributed by atoms with Crippen molar-refractivity contribution in [1.29, 1.82) is 0 Å². The molecule has 0 aromatic heterocycles. The molecule has 0 aliphatic rings. The third-order valence-corrected chi connectivity index (χ3v) is 3.08. The average Bonchev–Trinajstić information content (AvgIpc) is 2.47. The SMILES string of the molecule is CCC(Oc1cccc(Cl)c1)C(=O)Nc1ccc(F)cc1. The molecule has 0 radical (unpaired) electrons. The lowest BCUT2D eigenvalue weighted by molar-refractivity contribution is -0.122. The van der Waals surface area contributed by atoms with Crippen LogP contribution >= 0.6 is 11.6 Å². The molecule has 0 saturated carbocycles. The molecule has 0 heterocycles. The lowest BCUT2D eigenvalue weighted by atomic mass is 10.2. The van der Waals surface area contributed by atoms with Gasteiger partial charge in [0, 0.05) is 10.7 Å². The molecule has 3 nitrogen and oxygen atoms in total. The van der Waals surface area contributed by atoms with Gasteiger partial charge >= 0.3 is 0 Å². The first-order valence-electron chi connectivity index (χ1n) is 6.57. The van der Waals surface area contributed by atoms with Gasteiger partial charge in [0.1, 0.15) is 11.6 Å². The summed E-state index contributed by atoms with van der Waals surface area (Å²) in [7, 11) is 0. The molecule has 2 rings (SSSR count). The quantitative estimate of drug-likeness (QED) is 0.895. The summed E-state index contributed by atoms with van der Waals surface area (Å²) in [4.78, 5) is 12.2. The first-order chi connectivity index (χ1) is 10.1. The van der Waals surface area contributed by atoms with E-state index in [0.717, 1.165) is 0 Å². The lowest BCUT2D eigenvalue weighted by Gasteiger charge is -2.17. The van der Waals surface area contributed by atoms with Gasteiger partial charge in [-0.05, 0) is 48.9 Å².